The van der Waals surface area contributed by atoms with E-state index in [1.807, 2.05) is 0 Å². The Morgan fingerprint density at radius 2 is 1.95 bits per heavy atom. The second-order valence-corrected chi connectivity index (χ2v) is 3.85. The second kappa shape index (κ2) is 4.75. The molecule has 1 heterocycles. The van der Waals surface area contributed by atoms with Crippen molar-refractivity contribution in [2.45, 2.75) is 13.1 Å². The molecule has 0 aliphatic rings. The van der Waals surface area contributed by atoms with Crippen LogP contribution in [0.3, 0.4) is 0 Å². The Balaban J connectivity index is 2.29. The van der Waals surface area contributed by atoms with Crippen LogP contribution in [0.1, 0.15) is 11.3 Å². The number of alkyl halides is 3. The van der Waals surface area contributed by atoms with Crippen LogP contribution in [0.2, 0.25) is 0 Å². The number of ether oxygens (including phenoxy) is 1. The molecule has 0 fully saturated rings. The standard InChI is InChI=1S/C12H10F3N3O/c1-7-6-8(16)2-3-9(7)19-11-17-5-4-10(18-11)12(13,14)15/h2-6H,16H2,1H3. The first kappa shape index (κ1) is 13.1. The van der Waals surface area contributed by atoms with Crippen molar-refractivity contribution in [1.29, 1.82) is 0 Å². The van der Waals surface area contributed by atoms with Gasteiger partial charge in [-0.1, -0.05) is 0 Å². The smallest absolute Gasteiger partial charge is 0.424 e. The molecule has 0 unspecified atom stereocenters. The molecule has 0 aliphatic heterocycles. The number of aryl methyl sites for hydroxylation is 1. The Morgan fingerprint density at radius 3 is 2.58 bits per heavy atom. The predicted molar refractivity (Wildman–Crippen MR) is 62.7 cm³/mol. The number of aromatic nitrogens is 2. The van der Waals surface area contributed by atoms with Crippen molar-refractivity contribution in [3.05, 3.63) is 41.7 Å². The highest BCUT2D eigenvalue weighted by Crippen LogP contribution is 2.29. The second-order valence-electron chi connectivity index (χ2n) is 3.85. The lowest BCUT2D eigenvalue weighted by Crippen LogP contribution is -2.09. The van der Waals surface area contributed by atoms with Crippen LogP contribution < -0.4 is 10.5 Å². The Morgan fingerprint density at radius 1 is 1.21 bits per heavy atom. The van der Waals surface area contributed by atoms with Gasteiger partial charge in [-0.25, -0.2) is 4.98 Å². The van der Waals surface area contributed by atoms with E-state index < -0.39 is 11.9 Å². The Hall–Kier alpha value is -2.31. The van der Waals surface area contributed by atoms with E-state index in [0.29, 0.717) is 17.0 Å². The molecule has 7 heteroatoms. The Bertz CT molecular complexity index is 599. The highest BCUT2D eigenvalue weighted by Gasteiger charge is 2.33. The summed E-state index contributed by atoms with van der Waals surface area (Å²) < 4.78 is 42.7. The van der Waals surface area contributed by atoms with Crippen LogP contribution >= 0.6 is 0 Å². The van der Waals surface area contributed by atoms with Gasteiger partial charge in [-0.2, -0.15) is 18.2 Å². The monoisotopic (exact) mass is 269 g/mol. The van der Waals surface area contributed by atoms with E-state index in [2.05, 4.69) is 9.97 Å². The minimum Gasteiger partial charge on any atom is -0.424 e. The van der Waals surface area contributed by atoms with Gasteiger partial charge in [0.05, 0.1) is 0 Å². The van der Waals surface area contributed by atoms with Crippen molar-refractivity contribution in [3.8, 4) is 11.8 Å². The molecule has 0 amide bonds. The van der Waals surface area contributed by atoms with E-state index in [0.717, 1.165) is 12.3 Å². The summed E-state index contributed by atoms with van der Waals surface area (Å²) in [6.07, 6.45) is -3.53. The third-order valence-corrected chi connectivity index (χ3v) is 2.32. The average Bonchev–Trinajstić information content (AvgIpc) is 2.32. The van der Waals surface area contributed by atoms with Gasteiger partial charge in [0, 0.05) is 11.9 Å². The molecule has 0 bridgehead atoms. The van der Waals surface area contributed by atoms with Crippen molar-refractivity contribution in [3.63, 3.8) is 0 Å². The van der Waals surface area contributed by atoms with Crippen molar-refractivity contribution in [2.75, 3.05) is 5.73 Å². The number of anilines is 1. The van der Waals surface area contributed by atoms with Gasteiger partial charge in [0.25, 0.3) is 0 Å². The summed E-state index contributed by atoms with van der Waals surface area (Å²) in [4.78, 5) is 6.96. The van der Waals surface area contributed by atoms with Crippen LogP contribution in [-0.2, 0) is 6.18 Å². The van der Waals surface area contributed by atoms with Crippen molar-refractivity contribution < 1.29 is 17.9 Å². The molecule has 2 aromatic rings. The molecule has 0 saturated carbocycles. The highest BCUT2D eigenvalue weighted by molar-refractivity contribution is 5.47. The molecule has 0 saturated heterocycles. The number of nitrogens with zero attached hydrogens (tertiary/aromatic N) is 2. The predicted octanol–water partition coefficient (Wildman–Crippen LogP) is 3.18. The SMILES string of the molecule is Cc1cc(N)ccc1Oc1nccc(C(F)(F)F)n1. The van der Waals surface area contributed by atoms with Crippen LogP contribution in [0.25, 0.3) is 0 Å². The number of halogens is 3. The van der Waals surface area contributed by atoms with Gasteiger partial charge in [0.1, 0.15) is 5.75 Å². The van der Waals surface area contributed by atoms with Crippen molar-refractivity contribution in [1.82, 2.24) is 9.97 Å². The number of benzene rings is 1. The number of nitrogens with two attached hydrogens (primary N) is 1. The maximum absolute atomic E-state index is 12.5. The number of hydrogen-bond donors (Lipinski definition) is 1. The molecule has 0 atom stereocenters. The molecule has 0 spiro atoms. The van der Waals surface area contributed by atoms with Crippen molar-refractivity contribution >= 4 is 5.69 Å². The molecule has 100 valence electrons. The van der Waals surface area contributed by atoms with E-state index in [1.54, 1.807) is 25.1 Å². The van der Waals surface area contributed by atoms with Crippen LogP contribution in [-0.4, -0.2) is 9.97 Å². The summed E-state index contributed by atoms with van der Waals surface area (Å²) in [5.74, 6) is 0.355. The lowest BCUT2D eigenvalue weighted by atomic mass is 10.2. The van der Waals surface area contributed by atoms with E-state index >= 15 is 0 Å². The lowest BCUT2D eigenvalue weighted by Gasteiger charge is -2.09. The number of hydrogen-bond acceptors (Lipinski definition) is 4. The molecular weight excluding hydrogens is 259 g/mol. The van der Waals surface area contributed by atoms with Crippen LogP contribution in [0.15, 0.2) is 30.5 Å². The third-order valence-electron chi connectivity index (χ3n) is 2.32. The van der Waals surface area contributed by atoms with Crippen LogP contribution in [0, 0.1) is 6.92 Å². The van der Waals surface area contributed by atoms with E-state index in [4.69, 9.17) is 10.5 Å². The first-order valence-electron chi connectivity index (χ1n) is 5.30. The summed E-state index contributed by atoms with van der Waals surface area (Å²) in [5.41, 5.74) is 5.73. The molecule has 0 aliphatic carbocycles. The minimum atomic E-state index is -4.53. The Kier molecular flexibility index (Phi) is 3.28. The van der Waals surface area contributed by atoms with E-state index in [-0.39, 0.29) is 6.01 Å². The molecule has 19 heavy (non-hydrogen) atoms. The quantitative estimate of drug-likeness (QED) is 0.850. The normalized spacial score (nSPS) is 11.4. The Labute approximate surface area is 107 Å². The van der Waals surface area contributed by atoms with Crippen LogP contribution in [0.5, 0.6) is 11.8 Å². The zero-order valence-corrected chi connectivity index (χ0v) is 9.90. The summed E-state index contributed by atoms with van der Waals surface area (Å²) in [6.45, 7) is 1.72. The van der Waals surface area contributed by atoms with Crippen LogP contribution in [0.4, 0.5) is 18.9 Å². The molecule has 4 nitrogen and oxygen atoms in total. The van der Waals surface area contributed by atoms with Gasteiger partial charge in [-0.15, -0.1) is 0 Å². The van der Waals surface area contributed by atoms with Gasteiger partial charge in [-0.05, 0) is 36.8 Å². The fraction of sp³-hybridized carbons (Fsp3) is 0.167. The average molecular weight is 269 g/mol. The molecule has 2 rings (SSSR count). The fourth-order valence-corrected chi connectivity index (χ4v) is 1.43. The molecular formula is C12H10F3N3O. The van der Waals surface area contributed by atoms with Gasteiger partial charge in [-0.3, -0.25) is 0 Å². The van der Waals surface area contributed by atoms with E-state index in [1.165, 1.54) is 0 Å². The summed E-state index contributed by atoms with van der Waals surface area (Å²) in [6, 6.07) is 5.19. The first-order chi connectivity index (χ1) is 8.86. The zero-order chi connectivity index (χ0) is 14.0. The molecule has 0 radical (unpaired) electrons. The van der Waals surface area contributed by atoms with Gasteiger partial charge in [0.15, 0.2) is 5.69 Å². The molecule has 1 aromatic heterocycles. The maximum Gasteiger partial charge on any atom is 0.433 e. The molecule has 2 N–H and O–H groups in total. The minimum absolute atomic E-state index is 0.355. The fourth-order valence-electron chi connectivity index (χ4n) is 1.43. The number of nitrogen functional groups attached to an aromatic ring is 1. The topological polar surface area (TPSA) is 61.0 Å². The third kappa shape index (κ3) is 3.12. The summed E-state index contributed by atoms with van der Waals surface area (Å²) >= 11 is 0. The number of rotatable bonds is 2. The van der Waals surface area contributed by atoms with E-state index in [9.17, 15) is 13.2 Å². The maximum atomic E-state index is 12.5. The zero-order valence-electron chi connectivity index (χ0n) is 9.90. The summed E-state index contributed by atoms with van der Waals surface area (Å²) in [7, 11) is 0. The summed E-state index contributed by atoms with van der Waals surface area (Å²) in [5, 5.41) is 0. The van der Waals surface area contributed by atoms with Gasteiger partial charge < -0.3 is 10.5 Å². The molecule has 1 aromatic carbocycles. The first-order valence-corrected chi connectivity index (χ1v) is 5.30. The van der Waals surface area contributed by atoms with Crippen molar-refractivity contribution in [2.24, 2.45) is 0 Å². The highest BCUT2D eigenvalue weighted by atomic mass is 19.4. The largest absolute Gasteiger partial charge is 0.433 e. The van der Waals surface area contributed by atoms with Gasteiger partial charge >= 0.3 is 12.2 Å². The lowest BCUT2D eigenvalue weighted by molar-refractivity contribution is -0.141. The van der Waals surface area contributed by atoms with Gasteiger partial charge in [0.2, 0.25) is 0 Å².